The molecular weight excluding hydrogens is 194 g/mol. The molecule has 0 radical (unpaired) electrons. The van der Waals surface area contributed by atoms with Crippen molar-refractivity contribution >= 4 is 5.97 Å². The molecule has 2 aliphatic heterocycles. The molecule has 2 aliphatic rings. The third kappa shape index (κ3) is 1.72. The topological polar surface area (TPSA) is 59.3 Å². The first-order valence-corrected chi connectivity index (χ1v) is 5.23. The number of hydrogen-bond acceptors (Lipinski definition) is 4. The van der Waals surface area contributed by atoms with Gasteiger partial charge >= 0.3 is 5.97 Å². The van der Waals surface area contributed by atoms with Crippen LogP contribution in [0.1, 0.15) is 33.1 Å². The molecule has 82 valence electrons. The molecule has 2 heterocycles. The van der Waals surface area contributed by atoms with Crippen molar-refractivity contribution in [1.82, 2.24) is 0 Å². The Bertz CT molecular complexity index is 331. The highest BCUT2D eigenvalue weighted by molar-refractivity contribution is 5.73. The molecule has 0 aliphatic carbocycles. The molecule has 1 spiro atoms. The second kappa shape index (κ2) is 3.21. The van der Waals surface area contributed by atoms with Gasteiger partial charge in [0.05, 0.1) is 30.6 Å². The van der Waals surface area contributed by atoms with Crippen LogP contribution in [0.15, 0.2) is 0 Å². The van der Waals surface area contributed by atoms with Crippen LogP contribution in [0.5, 0.6) is 0 Å². The zero-order chi connectivity index (χ0) is 11.1. The molecule has 0 saturated carbocycles. The molecule has 2 fully saturated rings. The molecule has 15 heavy (non-hydrogen) atoms. The Morgan fingerprint density at radius 2 is 2.27 bits per heavy atom. The third-order valence-corrected chi connectivity index (χ3v) is 3.22. The maximum atomic E-state index is 11.3. The third-order valence-electron chi connectivity index (χ3n) is 3.22. The molecule has 0 aromatic rings. The Balaban J connectivity index is 2.25. The van der Waals surface area contributed by atoms with E-state index < -0.39 is 5.60 Å². The Labute approximate surface area is 89.2 Å². The number of rotatable bonds is 0. The average molecular weight is 209 g/mol. The van der Waals surface area contributed by atoms with Gasteiger partial charge in [-0.25, -0.2) is 0 Å². The second-order valence-corrected chi connectivity index (χ2v) is 4.96. The number of hydrogen-bond donors (Lipinski definition) is 0. The summed E-state index contributed by atoms with van der Waals surface area (Å²) in [6.45, 7) is 4.49. The van der Waals surface area contributed by atoms with E-state index in [0.29, 0.717) is 19.4 Å². The summed E-state index contributed by atoms with van der Waals surface area (Å²) in [6, 6.07) is 2.19. The maximum absolute atomic E-state index is 11.3. The number of esters is 1. The van der Waals surface area contributed by atoms with E-state index in [2.05, 4.69) is 6.07 Å². The summed E-state index contributed by atoms with van der Waals surface area (Å²) >= 11 is 0. The lowest BCUT2D eigenvalue weighted by atomic mass is 9.76. The van der Waals surface area contributed by atoms with Gasteiger partial charge in [-0.2, -0.15) is 5.26 Å². The van der Waals surface area contributed by atoms with Gasteiger partial charge in [0.1, 0.15) is 5.60 Å². The van der Waals surface area contributed by atoms with Crippen LogP contribution in [0.25, 0.3) is 0 Å². The van der Waals surface area contributed by atoms with E-state index in [1.807, 2.05) is 13.8 Å². The highest BCUT2D eigenvalue weighted by atomic mass is 16.6. The van der Waals surface area contributed by atoms with E-state index in [0.717, 1.165) is 0 Å². The Morgan fingerprint density at radius 1 is 1.53 bits per heavy atom. The summed E-state index contributed by atoms with van der Waals surface area (Å²) in [7, 11) is 0. The zero-order valence-electron chi connectivity index (χ0n) is 9.08. The summed E-state index contributed by atoms with van der Waals surface area (Å²) in [5.74, 6) is -0.563. The van der Waals surface area contributed by atoms with Crippen LogP contribution in [-0.4, -0.2) is 23.8 Å². The summed E-state index contributed by atoms with van der Waals surface area (Å²) in [5.41, 5.74) is -0.897. The van der Waals surface area contributed by atoms with Crippen molar-refractivity contribution in [2.75, 3.05) is 6.61 Å². The molecule has 2 atom stereocenters. The molecule has 0 aromatic carbocycles. The molecule has 0 unspecified atom stereocenters. The fourth-order valence-corrected chi connectivity index (χ4v) is 2.60. The van der Waals surface area contributed by atoms with E-state index in [4.69, 9.17) is 14.7 Å². The fourth-order valence-electron chi connectivity index (χ4n) is 2.60. The molecular formula is C11H15NO3. The Hall–Kier alpha value is -1.08. The standard InChI is InChI=1S/C11H15NO3/c1-10(2)7-11(3-4-14-10)8(6-12)5-9(13)15-11/h8H,3-5,7H2,1-2H3/t8-,11+/m1/s1. The van der Waals surface area contributed by atoms with Crippen molar-refractivity contribution in [3.63, 3.8) is 0 Å². The van der Waals surface area contributed by atoms with Crippen LogP contribution in [0.4, 0.5) is 0 Å². The van der Waals surface area contributed by atoms with E-state index in [9.17, 15) is 4.79 Å². The van der Waals surface area contributed by atoms with Crippen LogP contribution >= 0.6 is 0 Å². The number of nitriles is 1. The van der Waals surface area contributed by atoms with Crippen molar-refractivity contribution in [3.8, 4) is 6.07 Å². The monoisotopic (exact) mass is 209 g/mol. The molecule has 0 amide bonds. The van der Waals surface area contributed by atoms with E-state index in [1.165, 1.54) is 0 Å². The van der Waals surface area contributed by atoms with Crippen molar-refractivity contribution < 1.29 is 14.3 Å². The van der Waals surface area contributed by atoms with Crippen molar-refractivity contribution in [3.05, 3.63) is 0 Å². The minimum Gasteiger partial charge on any atom is -0.457 e. The zero-order valence-corrected chi connectivity index (χ0v) is 9.08. The molecule has 2 saturated heterocycles. The second-order valence-electron chi connectivity index (χ2n) is 4.96. The van der Waals surface area contributed by atoms with Crippen LogP contribution < -0.4 is 0 Å². The van der Waals surface area contributed by atoms with Gasteiger partial charge in [-0.05, 0) is 13.8 Å². The van der Waals surface area contributed by atoms with Gasteiger partial charge in [-0.3, -0.25) is 4.79 Å². The highest BCUT2D eigenvalue weighted by Gasteiger charge is 2.54. The first kappa shape index (κ1) is 10.4. The summed E-state index contributed by atoms with van der Waals surface area (Å²) in [5, 5.41) is 9.05. The Morgan fingerprint density at radius 3 is 2.87 bits per heavy atom. The highest BCUT2D eigenvalue weighted by Crippen LogP contribution is 2.45. The molecule has 4 nitrogen and oxygen atoms in total. The van der Waals surface area contributed by atoms with Crippen LogP contribution in [0, 0.1) is 17.2 Å². The summed E-state index contributed by atoms with van der Waals surface area (Å²) in [6.07, 6.45) is 1.48. The molecule has 4 heteroatoms. The first-order valence-electron chi connectivity index (χ1n) is 5.23. The van der Waals surface area contributed by atoms with Crippen molar-refractivity contribution in [2.24, 2.45) is 5.92 Å². The van der Waals surface area contributed by atoms with Gasteiger partial charge in [0.15, 0.2) is 0 Å². The predicted octanol–water partition coefficient (Wildman–Crippen LogP) is 1.40. The van der Waals surface area contributed by atoms with Gasteiger partial charge < -0.3 is 9.47 Å². The molecule has 2 rings (SSSR count). The van der Waals surface area contributed by atoms with Gasteiger partial charge in [0.25, 0.3) is 0 Å². The van der Waals surface area contributed by atoms with E-state index >= 15 is 0 Å². The molecule has 0 bridgehead atoms. The van der Waals surface area contributed by atoms with Crippen LogP contribution in [-0.2, 0) is 14.3 Å². The lowest BCUT2D eigenvalue weighted by molar-refractivity contribution is -0.175. The minimum absolute atomic E-state index is 0.229. The number of carbonyl (C=O) groups is 1. The lowest BCUT2D eigenvalue weighted by Crippen LogP contribution is -2.49. The Kier molecular flexibility index (Phi) is 2.23. The average Bonchev–Trinajstić information content (AvgIpc) is 2.39. The van der Waals surface area contributed by atoms with E-state index in [1.54, 1.807) is 0 Å². The predicted molar refractivity (Wildman–Crippen MR) is 51.8 cm³/mol. The minimum atomic E-state index is -0.590. The van der Waals surface area contributed by atoms with Crippen molar-refractivity contribution in [1.29, 1.82) is 5.26 Å². The summed E-state index contributed by atoms with van der Waals surface area (Å²) in [4.78, 5) is 11.3. The number of nitrogens with zero attached hydrogens (tertiary/aromatic N) is 1. The largest absolute Gasteiger partial charge is 0.457 e. The smallest absolute Gasteiger partial charge is 0.307 e. The number of ether oxygens (including phenoxy) is 2. The first-order chi connectivity index (χ1) is 6.97. The van der Waals surface area contributed by atoms with Gasteiger partial charge in [0.2, 0.25) is 0 Å². The maximum Gasteiger partial charge on any atom is 0.307 e. The fraction of sp³-hybridized carbons (Fsp3) is 0.818. The summed E-state index contributed by atoms with van der Waals surface area (Å²) < 4.78 is 11.0. The van der Waals surface area contributed by atoms with Gasteiger partial charge in [-0.15, -0.1) is 0 Å². The van der Waals surface area contributed by atoms with Gasteiger partial charge in [0, 0.05) is 12.8 Å². The van der Waals surface area contributed by atoms with Crippen LogP contribution in [0.2, 0.25) is 0 Å². The molecule has 0 aromatic heterocycles. The quantitative estimate of drug-likeness (QED) is 0.566. The lowest BCUT2D eigenvalue weighted by Gasteiger charge is -2.42. The van der Waals surface area contributed by atoms with Gasteiger partial charge in [-0.1, -0.05) is 0 Å². The normalized spacial score (nSPS) is 38.7. The van der Waals surface area contributed by atoms with E-state index in [-0.39, 0.29) is 23.9 Å². The molecule has 0 N–H and O–H groups in total. The number of carbonyl (C=O) groups excluding carboxylic acids is 1. The van der Waals surface area contributed by atoms with Crippen molar-refractivity contribution in [2.45, 2.75) is 44.3 Å². The SMILES string of the molecule is CC1(C)C[C@]2(CCO1)OC(=O)C[C@@H]2C#N. The van der Waals surface area contributed by atoms with Crippen LogP contribution in [0.3, 0.4) is 0 Å².